The van der Waals surface area contributed by atoms with Gasteiger partial charge in [0.1, 0.15) is 18.5 Å². The number of benzene rings is 2. The summed E-state index contributed by atoms with van der Waals surface area (Å²) in [5, 5.41) is 19.1. The minimum Gasteiger partial charge on any atom is -0.491 e. The van der Waals surface area contributed by atoms with Gasteiger partial charge in [0, 0.05) is 19.1 Å². The number of halogens is 3. The van der Waals surface area contributed by atoms with Crippen LogP contribution in [-0.2, 0) is 12.7 Å². The molecule has 1 aliphatic rings. The predicted octanol–water partition coefficient (Wildman–Crippen LogP) is 3.98. The van der Waals surface area contributed by atoms with E-state index in [1.807, 2.05) is 11.0 Å². The minimum atomic E-state index is -4.40. The smallest absolute Gasteiger partial charge is 0.416 e. The van der Waals surface area contributed by atoms with Crippen molar-refractivity contribution in [3.05, 3.63) is 65.2 Å². The highest BCUT2D eigenvalue weighted by molar-refractivity contribution is 5.34. The lowest BCUT2D eigenvalue weighted by atomic mass is 10.1. The molecule has 0 heterocycles. The summed E-state index contributed by atoms with van der Waals surface area (Å²) in [6.07, 6.45) is -3.41. The Hall–Kier alpha value is -2.56. The molecule has 0 aliphatic heterocycles. The first kappa shape index (κ1) is 20.2. The maximum atomic E-state index is 13.2. The molecule has 1 saturated carbocycles. The molecule has 2 aromatic rings. The fourth-order valence-corrected chi connectivity index (χ4v) is 3.08. The highest BCUT2D eigenvalue weighted by atomic mass is 19.4. The number of nitrogens with zero attached hydrogens (tertiary/aromatic N) is 2. The lowest BCUT2D eigenvalue weighted by Crippen LogP contribution is -2.37. The zero-order valence-electron chi connectivity index (χ0n) is 15.2. The van der Waals surface area contributed by atoms with Gasteiger partial charge in [-0.2, -0.15) is 18.4 Å². The molecule has 1 fully saturated rings. The fraction of sp³-hybridized carbons (Fsp3) is 0.381. The summed E-state index contributed by atoms with van der Waals surface area (Å²) in [6, 6.07) is 14.3. The van der Waals surface area contributed by atoms with Crippen LogP contribution in [0.4, 0.5) is 13.2 Å². The van der Waals surface area contributed by atoms with Gasteiger partial charge in [0.15, 0.2) is 0 Å². The Morgan fingerprint density at radius 3 is 2.43 bits per heavy atom. The highest BCUT2D eigenvalue weighted by Gasteiger charge is 2.35. The minimum absolute atomic E-state index is 0.0238. The van der Waals surface area contributed by atoms with E-state index in [9.17, 15) is 18.3 Å². The molecule has 0 unspecified atom stereocenters. The molecule has 28 heavy (non-hydrogen) atoms. The second-order valence-corrected chi connectivity index (χ2v) is 6.92. The van der Waals surface area contributed by atoms with Crippen LogP contribution in [0.15, 0.2) is 48.5 Å². The van der Waals surface area contributed by atoms with Crippen LogP contribution >= 0.6 is 0 Å². The van der Waals surface area contributed by atoms with Crippen LogP contribution < -0.4 is 4.74 Å². The van der Waals surface area contributed by atoms with E-state index in [1.54, 1.807) is 30.3 Å². The van der Waals surface area contributed by atoms with Crippen LogP contribution in [0.3, 0.4) is 0 Å². The zero-order valence-corrected chi connectivity index (χ0v) is 15.2. The molecule has 0 amide bonds. The van der Waals surface area contributed by atoms with Crippen LogP contribution in [0, 0.1) is 11.3 Å². The first-order valence-electron chi connectivity index (χ1n) is 9.07. The molecule has 0 radical (unpaired) electrons. The number of hydrogen-bond donors (Lipinski definition) is 1. The predicted molar refractivity (Wildman–Crippen MR) is 97.5 cm³/mol. The van der Waals surface area contributed by atoms with Crippen molar-refractivity contribution in [1.29, 1.82) is 5.26 Å². The quantitative estimate of drug-likeness (QED) is 0.741. The summed E-state index contributed by atoms with van der Waals surface area (Å²) in [4.78, 5) is 1.89. The first-order valence-corrected chi connectivity index (χ1v) is 9.07. The molecule has 0 spiro atoms. The molecule has 0 bridgehead atoms. The Kier molecular flexibility index (Phi) is 6.22. The van der Waals surface area contributed by atoms with E-state index in [0.29, 0.717) is 11.3 Å². The Labute approximate surface area is 161 Å². The van der Waals surface area contributed by atoms with E-state index in [2.05, 4.69) is 0 Å². The maximum Gasteiger partial charge on any atom is 0.416 e. The van der Waals surface area contributed by atoms with Gasteiger partial charge in [-0.3, -0.25) is 4.90 Å². The van der Waals surface area contributed by atoms with Gasteiger partial charge in [0.25, 0.3) is 0 Å². The van der Waals surface area contributed by atoms with Gasteiger partial charge in [0.05, 0.1) is 17.2 Å². The number of aliphatic hydroxyl groups is 1. The fourth-order valence-electron chi connectivity index (χ4n) is 3.08. The number of aliphatic hydroxyl groups excluding tert-OH is 1. The Morgan fingerprint density at radius 1 is 1.14 bits per heavy atom. The van der Waals surface area contributed by atoms with Crippen LogP contribution in [0.1, 0.15) is 29.5 Å². The van der Waals surface area contributed by atoms with Crippen molar-refractivity contribution in [2.75, 3.05) is 13.2 Å². The average molecular weight is 390 g/mol. The second kappa shape index (κ2) is 8.63. The molecule has 1 aliphatic carbocycles. The number of ether oxygens (including phenoxy) is 1. The molecule has 7 heteroatoms. The van der Waals surface area contributed by atoms with E-state index in [1.165, 1.54) is 12.1 Å². The standard InChI is InChI=1S/C21H21F3N2O2/c22-21(23,24)20-4-2-1-3-16(20)12-26(17-7-8-17)13-18(27)14-28-19-9-5-15(11-25)6-10-19/h1-6,9-10,17-18,27H,7-8,12-14H2/t18-/m1/s1. The third-order valence-electron chi connectivity index (χ3n) is 4.63. The molecular formula is C21H21F3N2O2. The number of hydrogen-bond acceptors (Lipinski definition) is 4. The number of alkyl halides is 3. The maximum absolute atomic E-state index is 13.2. The summed E-state index contributed by atoms with van der Waals surface area (Å²) in [7, 11) is 0. The second-order valence-electron chi connectivity index (χ2n) is 6.92. The molecule has 1 atom stereocenters. The van der Waals surface area contributed by atoms with Crippen LogP contribution in [-0.4, -0.2) is 35.3 Å². The summed E-state index contributed by atoms with van der Waals surface area (Å²) < 4.78 is 45.2. The third kappa shape index (κ3) is 5.47. The van der Waals surface area contributed by atoms with Crippen molar-refractivity contribution in [2.24, 2.45) is 0 Å². The summed E-state index contributed by atoms with van der Waals surface area (Å²) in [5.41, 5.74) is 0.0854. The molecule has 1 N–H and O–H groups in total. The normalized spacial score (nSPS) is 15.3. The van der Waals surface area contributed by atoms with E-state index in [4.69, 9.17) is 10.00 Å². The molecule has 0 aromatic heterocycles. The van der Waals surface area contributed by atoms with Crippen molar-refractivity contribution in [3.8, 4) is 11.8 Å². The molecular weight excluding hydrogens is 369 g/mol. The van der Waals surface area contributed by atoms with Crippen molar-refractivity contribution < 1.29 is 23.0 Å². The first-order chi connectivity index (χ1) is 13.4. The zero-order chi connectivity index (χ0) is 20.1. The third-order valence-corrected chi connectivity index (χ3v) is 4.63. The SMILES string of the molecule is N#Cc1ccc(OC[C@H](O)CN(Cc2ccccc2C(F)(F)F)C2CC2)cc1. The van der Waals surface area contributed by atoms with Crippen LogP contribution in [0.2, 0.25) is 0 Å². The molecule has 2 aromatic carbocycles. The van der Waals surface area contributed by atoms with Gasteiger partial charge in [-0.05, 0) is 48.7 Å². The summed E-state index contributed by atoms with van der Waals surface area (Å²) in [5.74, 6) is 0.526. The monoisotopic (exact) mass is 390 g/mol. The lowest BCUT2D eigenvalue weighted by Gasteiger charge is -2.26. The van der Waals surface area contributed by atoms with Gasteiger partial charge in [-0.1, -0.05) is 18.2 Å². The van der Waals surface area contributed by atoms with E-state index in [-0.39, 0.29) is 31.3 Å². The highest BCUT2D eigenvalue weighted by Crippen LogP contribution is 2.34. The van der Waals surface area contributed by atoms with Crippen LogP contribution in [0.5, 0.6) is 5.75 Å². The number of rotatable bonds is 8. The Balaban J connectivity index is 1.60. The average Bonchev–Trinajstić information content (AvgIpc) is 3.51. The molecule has 148 valence electrons. The Morgan fingerprint density at radius 2 is 1.82 bits per heavy atom. The van der Waals surface area contributed by atoms with Crippen molar-refractivity contribution in [3.63, 3.8) is 0 Å². The largest absolute Gasteiger partial charge is 0.491 e. The topological polar surface area (TPSA) is 56.5 Å². The van der Waals surface area contributed by atoms with Gasteiger partial charge in [-0.15, -0.1) is 0 Å². The van der Waals surface area contributed by atoms with Crippen molar-refractivity contribution in [2.45, 2.75) is 37.7 Å². The number of nitriles is 1. The van der Waals surface area contributed by atoms with Crippen molar-refractivity contribution in [1.82, 2.24) is 4.90 Å². The van der Waals surface area contributed by atoms with Crippen LogP contribution in [0.25, 0.3) is 0 Å². The van der Waals surface area contributed by atoms with Crippen molar-refractivity contribution >= 4 is 0 Å². The van der Waals surface area contributed by atoms with E-state index in [0.717, 1.165) is 18.9 Å². The van der Waals surface area contributed by atoms with E-state index >= 15 is 0 Å². The van der Waals surface area contributed by atoms with E-state index < -0.39 is 17.8 Å². The Bertz CT molecular complexity index is 827. The molecule has 4 nitrogen and oxygen atoms in total. The van der Waals surface area contributed by atoms with Gasteiger partial charge in [0.2, 0.25) is 0 Å². The van der Waals surface area contributed by atoms with Gasteiger partial charge in [-0.25, -0.2) is 0 Å². The summed E-state index contributed by atoms with van der Waals surface area (Å²) >= 11 is 0. The lowest BCUT2D eigenvalue weighted by molar-refractivity contribution is -0.138. The molecule has 3 rings (SSSR count). The van der Waals surface area contributed by atoms with Gasteiger partial charge >= 0.3 is 6.18 Å². The summed E-state index contributed by atoms with van der Waals surface area (Å²) in [6.45, 7) is 0.386. The van der Waals surface area contributed by atoms with Gasteiger partial charge < -0.3 is 9.84 Å². The molecule has 0 saturated heterocycles.